The molecule has 0 saturated carbocycles. The molecule has 1 aromatic heterocycles. The number of thiazole rings is 1. The van der Waals surface area contributed by atoms with Crippen molar-refractivity contribution >= 4 is 33.4 Å². The summed E-state index contributed by atoms with van der Waals surface area (Å²) in [4.78, 5) is 28.0. The van der Waals surface area contributed by atoms with Crippen molar-refractivity contribution in [2.75, 3.05) is 0 Å². The molecule has 1 unspecified atom stereocenters. The Labute approximate surface area is 153 Å². The fourth-order valence-corrected chi connectivity index (χ4v) is 3.58. The fraction of sp³-hybridized carbons (Fsp3) is 0.211. The van der Waals surface area contributed by atoms with E-state index in [0.717, 1.165) is 15.2 Å². The van der Waals surface area contributed by atoms with Crippen LogP contribution in [0.4, 0.5) is 4.39 Å². The van der Waals surface area contributed by atoms with E-state index in [1.54, 1.807) is 6.07 Å². The van der Waals surface area contributed by atoms with Crippen LogP contribution in [0, 0.1) is 5.82 Å². The van der Waals surface area contributed by atoms with Gasteiger partial charge in [0.05, 0.1) is 15.2 Å². The third kappa shape index (κ3) is 4.64. The highest BCUT2D eigenvalue weighted by molar-refractivity contribution is 7.18. The van der Waals surface area contributed by atoms with Crippen molar-refractivity contribution in [2.24, 2.45) is 0 Å². The maximum absolute atomic E-state index is 13.2. The lowest BCUT2D eigenvalue weighted by molar-refractivity contribution is -0.141. The van der Waals surface area contributed by atoms with Gasteiger partial charge in [-0.25, -0.2) is 14.2 Å². The number of nitrogens with zero attached hydrogens (tertiary/aromatic N) is 1. The number of halogens is 1. The van der Waals surface area contributed by atoms with Crippen molar-refractivity contribution in [1.29, 1.82) is 0 Å². The number of rotatable bonds is 7. The first-order valence-electron chi connectivity index (χ1n) is 8.12. The number of carbonyl (C=O) groups is 2. The highest BCUT2D eigenvalue weighted by Gasteiger charge is 2.20. The summed E-state index contributed by atoms with van der Waals surface area (Å²) in [6.07, 6.45) is 0.615. The second-order valence-corrected chi connectivity index (χ2v) is 6.98. The number of nitrogens with one attached hydrogen (secondary N) is 1. The zero-order chi connectivity index (χ0) is 18.5. The number of carbonyl (C=O) groups excluding carboxylic acids is 1. The normalized spacial score (nSPS) is 12.0. The van der Waals surface area contributed by atoms with Gasteiger partial charge in [-0.1, -0.05) is 24.3 Å². The van der Waals surface area contributed by atoms with Crippen molar-refractivity contribution in [3.05, 3.63) is 64.9 Å². The lowest BCUT2D eigenvalue weighted by Crippen LogP contribution is -2.42. The monoisotopic (exact) mass is 372 g/mol. The summed E-state index contributed by atoms with van der Waals surface area (Å²) in [5, 5.41) is 12.7. The van der Waals surface area contributed by atoms with Crippen LogP contribution in [0.3, 0.4) is 0 Å². The quantitative estimate of drug-likeness (QED) is 0.668. The SMILES string of the molecule is O=C(CCc1nc2ccccc2s1)NC(Cc1cccc(F)c1)C(=O)O. The number of fused-ring (bicyclic) bond motifs is 1. The van der Waals surface area contributed by atoms with Gasteiger partial charge in [-0.2, -0.15) is 0 Å². The number of hydrogen-bond donors (Lipinski definition) is 2. The Bertz CT molecular complexity index is 908. The van der Waals surface area contributed by atoms with Crippen LogP contribution in [0.15, 0.2) is 48.5 Å². The minimum Gasteiger partial charge on any atom is -0.480 e. The van der Waals surface area contributed by atoms with Crippen LogP contribution in [-0.4, -0.2) is 28.0 Å². The Morgan fingerprint density at radius 2 is 2.00 bits per heavy atom. The summed E-state index contributed by atoms with van der Waals surface area (Å²) >= 11 is 1.52. The lowest BCUT2D eigenvalue weighted by Gasteiger charge is -2.14. The molecule has 0 aliphatic rings. The molecule has 1 atom stereocenters. The van der Waals surface area contributed by atoms with Crippen LogP contribution < -0.4 is 5.32 Å². The van der Waals surface area contributed by atoms with Gasteiger partial charge in [-0.15, -0.1) is 11.3 Å². The Kier molecular flexibility index (Phi) is 5.58. The number of benzene rings is 2. The number of carboxylic acid groups (broad SMARTS) is 1. The van der Waals surface area contributed by atoms with Crippen molar-refractivity contribution < 1.29 is 19.1 Å². The molecule has 0 bridgehead atoms. The third-order valence-electron chi connectivity index (χ3n) is 3.87. The molecule has 0 radical (unpaired) electrons. The summed E-state index contributed by atoms with van der Waals surface area (Å²) < 4.78 is 14.3. The third-order valence-corrected chi connectivity index (χ3v) is 4.96. The second kappa shape index (κ2) is 8.05. The van der Waals surface area contributed by atoms with E-state index in [-0.39, 0.29) is 18.7 Å². The molecule has 26 heavy (non-hydrogen) atoms. The van der Waals surface area contributed by atoms with E-state index in [1.807, 2.05) is 24.3 Å². The molecule has 1 amide bonds. The van der Waals surface area contributed by atoms with Crippen LogP contribution in [0.2, 0.25) is 0 Å². The molecule has 2 N–H and O–H groups in total. The molecule has 7 heteroatoms. The fourth-order valence-electron chi connectivity index (χ4n) is 2.61. The van der Waals surface area contributed by atoms with E-state index >= 15 is 0 Å². The molecule has 0 saturated heterocycles. The largest absolute Gasteiger partial charge is 0.480 e. The maximum atomic E-state index is 13.2. The van der Waals surface area contributed by atoms with Gasteiger partial charge in [0.15, 0.2) is 0 Å². The van der Waals surface area contributed by atoms with E-state index in [0.29, 0.717) is 12.0 Å². The zero-order valence-electron chi connectivity index (χ0n) is 13.8. The Hall–Kier alpha value is -2.80. The number of aliphatic carboxylic acids is 1. The Balaban J connectivity index is 1.58. The first-order chi connectivity index (χ1) is 12.5. The number of hydrogen-bond acceptors (Lipinski definition) is 4. The van der Waals surface area contributed by atoms with E-state index in [1.165, 1.54) is 29.5 Å². The van der Waals surface area contributed by atoms with Gasteiger partial charge in [0.2, 0.25) is 5.91 Å². The van der Waals surface area contributed by atoms with Crippen molar-refractivity contribution in [2.45, 2.75) is 25.3 Å². The van der Waals surface area contributed by atoms with Crippen molar-refractivity contribution in [3.63, 3.8) is 0 Å². The smallest absolute Gasteiger partial charge is 0.326 e. The summed E-state index contributed by atoms with van der Waals surface area (Å²) in [7, 11) is 0. The minimum atomic E-state index is -1.15. The van der Waals surface area contributed by atoms with Crippen LogP contribution in [0.1, 0.15) is 17.0 Å². The Morgan fingerprint density at radius 3 is 2.73 bits per heavy atom. The molecule has 3 aromatic rings. The number of aryl methyl sites for hydroxylation is 1. The standard InChI is InChI=1S/C19H17FN2O3S/c20-13-5-3-4-12(10-13)11-15(19(24)25)21-17(23)8-9-18-22-14-6-1-2-7-16(14)26-18/h1-7,10,15H,8-9,11H2,(H,21,23)(H,24,25). The summed E-state index contributed by atoms with van der Waals surface area (Å²) in [5.41, 5.74) is 1.41. The van der Waals surface area contributed by atoms with Crippen LogP contribution in [0.5, 0.6) is 0 Å². The molecule has 0 aliphatic heterocycles. The molecule has 5 nitrogen and oxygen atoms in total. The average molecular weight is 372 g/mol. The molecular weight excluding hydrogens is 355 g/mol. The van der Waals surface area contributed by atoms with Gasteiger partial charge in [0.1, 0.15) is 11.9 Å². The predicted molar refractivity (Wildman–Crippen MR) is 97.6 cm³/mol. The van der Waals surface area contributed by atoms with Gasteiger partial charge in [0.25, 0.3) is 0 Å². The van der Waals surface area contributed by atoms with Gasteiger partial charge < -0.3 is 10.4 Å². The van der Waals surface area contributed by atoms with Gasteiger partial charge in [0, 0.05) is 19.3 Å². The molecular formula is C19H17FN2O3S. The van der Waals surface area contributed by atoms with E-state index in [4.69, 9.17) is 0 Å². The summed E-state index contributed by atoms with van der Waals surface area (Å²) in [6.45, 7) is 0. The Morgan fingerprint density at radius 1 is 1.19 bits per heavy atom. The highest BCUT2D eigenvalue weighted by Crippen LogP contribution is 2.22. The first kappa shape index (κ1) is 18.0. The lowest BCUT2D eigenvalue weighted by atomic mass is 10.1. The second-order valence-electron chi connectivity index (χ2n) is 5.87. The maximum Gasteiger partial charge on any atom is 0.326 e. The van der Waals surface area contributed by atoms with Gasteiger partial charge >= 0.3 is 5.97 Å². The molecule has 0 aliphatic carbocycles. The number of para-hydroxylation sites is 1. The molecule has 0 fully saturated rings. The van der Waals surface area contributed by atoms with Crippen LogP contribution >= 0.6 is 11.3 Å². The van der Waals surface area contributed by atoms with E-state index in [9.17, 15) is 19.1 Å². The first-order valence-corrected chi connectivity index (χ1v) is 8.94. The van der Waals surface area contributed by atoms with Gasteiger partial charge in [-0.05, 0) is 29.8 Å². The number of carboxylic acids is 1. The molecule has 134 valence electrons. The number of amides is 1. The highest BCUT2D eigenvalue weighted by atomic mass is 32.1. The van der Waals surface area contributed by atoms with E-state index < -0.39 is 17.8 Å². The average Bonchev–Trinajstić information content (AvgIpc) is 3.02. The van der Waals surface area contributed by atoms with Crippen LogP contribution in [0.25, 0.3) is 10.2 Å². The zero-order valence-corrected chi connectivity index (χ0v) is 14.6. The van der Waals surface area contributed by atoms with E-state index in [2.05, 4.69) is 10.3 Å². The molecule has 3 rings (SSSR count). The number of aromatic nitrogens is 1. The molecule has 1 heterocycles. The minimum absolute atomic E-state index is 0.0277. The molecule has 0 spiro atoms. The predicted octanol–water partition coefficient (Wildman–Crippen LogP) is 3.18. The van der Waals surface area contributed by atoms with Crippen molar-refractivity contribution in [3.8, 4) is 0 Å². The molecule has 2 aromatic carbocycles. The van der Waals surface area contributed by atoms with Crippen LogP contribution in [-0.2, 0) is 22.4 Å². The van der Waals surface area contributed by atoms with Gasteiger partial charge in [-0.3, -0.25) is 4.79 Å². The summed E-state index contributed by atoms with van der Waals surface area (Å²) in [6, 6.07) is 12.3. The topological polar surface area (TPSA) is 79.3 Å². The van der Waals surface area contributed by atoms with Crippen molar-refractivity contribution in [1.82, 2.24) is 10.3 Å². The summed E-state index contributed by atoms with van der Waals surface area (Å²) in [5.74, 6) is -1.95.